The number of benzene rings is 2. The molecule has 1 aliphatic heterocycles. The number of hydrazine groups is 1. The highest BCUT2D eigenvalue weighted by molar-refractivity contribution is 6.34. The third-order valence-electron chi connectivity index (χ3n) is 7.61. The molecular formula is C26H21ClN2O4. The standard InChI is InChI=1S/C26H21ClN2O4/c27-20-9-5-4-8-17(20)24(31)28(13-21(30)14-6-2-1-3-7-14)29-25(32)22-15-10-11-16(19-12-18(15)19)23(22)26(29)33/h1-11,15-16,18-19,22-23H,12-13H2/t15-,16-,18-,19+,22-,23+/m0/s1. The summed E-state index contributed by atoms with van der Waals surface area (Å²) in [7, 11) is 0. The number of nitrogens with zero attached hydrogens (tertiary/aromatic N) is 2. The van der Waals surface area contributed by atoms with Gasteiger partial charge < -0.3 is 0 Å². The third kappa shape index (κ3) is 3.00. The number of Topliss-reactive ketones (excluding diaryl/α,β-unsaturated/α-hetero) is 1. The number of halogens is 1. The highest BCUT2D eigenvalue weighted by Gasteiger charge is 2.68. The summed E-state index contributed by atoms with van der Waals surface area (Å²) in [6, 6.07) is 15.0. The van der Waals surface area contributed by atoms with E-state index in [0.717, 1.165) is 16.4 Å². The number of carbonyl (C=O) groups is 4. The summed E-state index contributed by atoms with van der Waals surface area (Å²) in [6.45, 7) is -0.430. The number of imide groups is 1. The molecule has 2 aromatic rings. The van der Waals surface area contributed by atoms with Gasteiger partial charge in [-0.15, -0.1) is 0 Å². The number of carbonyl (C=O) groups excluding carboxylic acids is 4. The number of rotatable bonds is 5. The molecule has 7 heteroatoms. The van der Waals surface area contributed by atoms with Crippen LogP contribution >= 0.6 is 11.6 Å². The zero-order chi connectivity index (χ0) is 22.9. The lowest BCUT2D eigenvalue weighted by atomic mass is 9.63. The quantitative estimate of drug-likeness (QED) is 0.388. The van der Waals surface area contributed by atoms with Crippen molar-refractivity contribution in [3.8, 4) is 0 Å². The molecule has 1 heterocycles. The molecule has 4 aliphatic carbocycles. The van der Waals surface area contributed by atoms with Gasteiger partial charge in [0.05, 0.1) is 22.4 Å². The van der Waals surface area contributed by atoms with Gasteiger partial charge in [0.15, 0.2) is 5.78 Å². The van der Waals surface area contributed by atoms with Crippen LogP contribution in [0.2, 0.25) is 5.02 Å². The van der Waals surface area contributed by atoms with Gasteiger partial charge in [-0.3, -0.25) is 19.2 Å². The van der Waals surface area contributed by atoms with Crippen molar-refractivity contribution in [2.75, 3.05) is 6.54 Å². The Morgan fingerprint density at radius 1 is 0.879 bits per heavy atom. The molecule has 6 nitrogen and oxygen atoms in total. The lowest BCUT2D eigenvalue weighted by Crippen LogP contribution is -2.52. The molecule has 0 unspecified atom stereocenters. The van der Waals surface area contributed by atoms with Crippen molar-refractivity contribution in [3.05, 3.63) is 82.9 Å². The van der Waals surface area contributed by atoms with Crippen molar-refractivity contribution in [3.63, 3.8) is 0 Å². The van der Waals surface area contributed by atoms with E-state index in [4.69, 9.17) is 11.6 Å². The van der Waals surface area contributed by atoms with Crippen LogP contribution in [0.15, 0.2) is 66.7 Å². The highest BCUT2D eigenvalue weighted by atomic mass is 35.5. The van der Waals surface area contributed by atoms with Crippen molar-refractivity contribution in [1.82, 2.24) is 10.0 Å². The second-order valence-electron chi connectivity index (χ2n) is 9.27. The molecule has 33 heavy (non-hydrogen) atoms. The summed E-state index contributed by atoms with van der Waals surface area (Å²) >= 11 is 6.27. The molecule has 3 fully saturated rings. The molecule has 2 aromatic carbocycles. The number of allylic oxidation sites excluding steroid dienone is 2. The Kier molecular flexibility index (Phi) is 4.56. The van der Waals surface area contributed by atoms with Crippen LogP contribution in [-0.4, -0.2) is 40.1 Å². The van der Waals surface area contributed by atoms with Crippen molar-refractivity contribution in [1.29, 1.82) is 0 Å². The second kappa shape index (κ2) is 7.39. The van der Waals surface area contributed by atoms with Crippen LogP contribution in [0.1, 0.15) is 27.1 Å². The first kappa shape index (κ1) is 20.4. The maximum atomic E-state index is 13.6. The number of hydrogen-bond acceptors (Lipinski definition) is 4. The maximum absolute atomic E-state index is 13.6. The monoisotopic (exact) mass is 460 g/mol. The minimum atomic E-state index is -0.643. The number of amides is 3. The molecule has 3 amide bonds. The SMILES string of the molecule is O=C(CN(C(=O)c1ccccc1Cl)N1C(=O)[C@@H]2[C@H]3C=C[C@@H]([C@@H]4C[C@H]34)[C@@H]2C1=O)c1ccccc1. The molecule has 5 aliphatic rings. The predicted molar refractivity (Wildman–Crippen MR) is 120 cm³/mol. The topological polar surface area (TPSA) is 74.8 Å². The summed E-state index contributed by atoms with van der Waals surface area (Å²) in [5, 5.41) is 2.14. The largest absolute Gasteiger partial charge is 0.292 e. The van der Waals surface area contributed by atoms with Gasteiger partial charge in [-0.05, 0) is 42.2 Å². The molecule has 0 spiro atoms. The summed E-state index contributed by atoms with van der Waals surface area (Å²) in [4.78, 5) is 53.9. The summed E-state index contributed by atoms with van der Waals surface area (Å²) < 4.78 is 0. The molecule has 1 saturated heterocycles. The van der Waals surface area contributed by atoms with Gasteiger partial charge >= 0.3 is 0 Å². The average Bonchev–Trinajstić information content (AvgIpc) is 3.62. The Bertz CT molecular complexity index is 1190. The molecular weight excluding hydrogens is 440 g/mol. The fourth-order valence-electron chi connectivity index (χ4n) is 6.04. The van der Waals surface area contributed by atoms with Crippen LogP contribution in [0, 0.1) is 35.5 Å². The fraction of sp³-hybridized carbons (Fsp3) is 0.308. The first-order valence-corrected chi connectivity index (χ1v) is 11.6. The van der Waals surface area contributed by atoms with Crippen LogP contribution in [0.4, 0.5) is 0 Å². The van der Waals surface area contributed by atoms with Gasteiger partial charge in [0.1, 0.15) is 6.54 Å². The van der Waals surface area contributed by atoms with Gasteiger partial charge in [-0.2, -0.15) is 5.01 Å². The van der Waals surface area contributed by atoms with Gasteiger partial charge in [0.2, 0.25) is 0 Å². The first-order valence-electron chi connectivity index (χ1n) is 11.2. The molecule has 6 atom stereocenters. The van der Waals surface area contributed by atoms with Crippen LogP contribution in [0.3, 0.4) is 0 Å². The minimum absolute atomic E-state index is 0.0218. The minimum Gasteiger partial charge on any atom is -0.292 e. The smallest absolute Gasteiger partial charge is 0.274 e. The normalized spacial score (nSPS) is 30.8. The van der Waals surface area contributed by atoms with Crippen molar-refractivity contribution in [2.45, 2.75) is 6.42 Å². The Labute approximate surface area is 195 Å². The number of ketones is 1. The maximum Gasteiger partial charge on any atom is 0.274 e. The Balaban J connectivity index is 1.38. The van der Waals surface area contributed by atoms with E-state index in [1.165, 1.54) is 6.07 Å². The van der Waals surface area contributed by atoms with E-state index in [1.807, 2.05) is 0 Å². The summed E-state index contributed by atoms with van der Waals surface area (Å²) in [5.74, 6) is -1.80. The van der Waals surface area contributed by atoms with Crippen LogP contribution in [0.25, 0.3) is 0 Å². The van der Waals surface area contributed by atoms with Gasteiger partial charge in [-0.25, -0.2) is 5.01 Å². The number of hydrogen-bond donors (Lipinski definition) is 0. The van der Waals surface area contributed by atoms with E-state index in [1.54, 1.807) is 48.5 Å². The summed E-state index contributed by atoms with van der Waals surface area (Å²) in [5.41, 5.74) is 0.536. The van der Waals surface area contributed by atoms with Gasteiger partial charge in [0, 0.05) is 5.56 Å². The van der Waals surface area contributed by atoms with E-state index < -0.39 is 36.1 Å². The van der Waals surface area contributed by atoms with E-state index in [9.17, 15) is 19.2 Å². The molecule has 2 bridgehead atoms. The lowest BCUT2D eigenvalue weighted by Gasteiger charge is -2.37. The Morgan fingerprint density at radius 2 is 1.45 bits per heavy atom. The Morgan fingerprint density at radius 3 is 2.06 bits per heavy atom. The summed E-state index contributed by atoms with van der Waals surface area (Å²) in [6.07, 6.45) is 5.19. The van der Waals surface area contributed by atoms with Crippen LogP contribution in [-0.2, 0) is 9.59 Å². The van der Waals surface area contributed by atoms with Crippen LogP contribution in [0.5, 0.6) is 0 Å². The molecule has 0 radical (unpaired) electrons. The molecule has 7 rings (SSSR count). The predicted octanol–water partition coefficient (Wildman–Crippen LogP) is 3.63. The fourth-order valence-corrected chi connectivity index (χ4v) is 6.25. The van der Waals surface area contributed by atoms with Gasteiger partial charge in [-0.1, -0.05) is 66.2 Å². The van der Waals surface area contributed by atoms with Crippen molar-refractivity contribution < 1.29 is 19.2 Å². The van der Waals surface area contributed by atoms with E-state index >= 15 is 0 Å². The molecule has 166 valence electrons. The zero-order valence-corrected chi connectivity index (χ0v) is 18.4. The molecule has 0 N–H and O–H groups in total. The second-order valence-corrected chi connectivity index (χ2v) is 9.68. The van der Waals surface area contributed by atoms with Crippen LogP contribution < -0.4 is 0 Å². The first-order chi connectivity index (χ1) is 16.0. The average molecular weight is 461 g/mol. The zero-order valence-electron chi connectivity index (χ0n) is 17.6. The van der Waals surface area contributed by atoms with Crippen molar-refractivity contribution >= 4 is 35.1 Å². The molecule has 0 aromatic heterocycles. The van der Waals surface area contributed by atoms with Crippen molar-refractivity contribution in [2.24, 2.45) is 35.5 Å². The highest BCUT2D eigenvalue weighted by Crippen LogP contribution is 2.65. The van der Waals surface area contributed by atoms with Gasteiger partial charge in [0.25, 0.3) is 17.7 Å². The molecule has 2 saturated carbocycles. The van der Waals surface area contributed by atoms with E-state index in [-0.39, 0.29) is 28.2 Å². The lowest BCUT2D eigenvalue weighted by molar-refractivity contribution is -0.154. The third-order valence-corrected chi connectivity index (χ3v) is 7.94. The Hall–Kier alpha value is -3.25. The van der Waals surface area contributed by atoms with E-state index in [2.05, 4.69) is 12.2 Å². The van der Waals surface area contributed by atoms with E-state index in [0.29, 0.717) is 17.4 Å².